The Bertz CT molecular complexity index is 525. The summed E-state index contributed by atoms with van der Waals surface area (Å²) in [4.78, 5) is 0. The van der Waals surface area contributed by atoms with Crippen molar-refractivity contribution in [2.75, 3.05) is 0 Å². The molecule has 2 aromatic rings. The van der Waals surface area contributed by atoms with Crippen molar-refractivity contribution in [2.24, 2.45) is 11.7 Å². The Morgan fingerprint density at radius 3 is 2.67 bits per heavy atom. The third kappa shape index (κ3) is 2.59. The van der Waals surface area contributed by atoms with E-state index in [1.54, 1.807) is 0 Å². The lowest BCUT2D eigenvalue weighted by molar-refractivity contribution is 0.535. The predicted octanol–water partition coefficient (Wildman–Crippen LogP) is 4.04. The molecular formula is C16H23NO. The molecule has 0 amide bonds. The summed E-state index contributed by atoms with van der Waals surface area (Å²) in [6.07, 6.45) is 3.34. The highest BCUT2D eigenvalue weighted by Crippen LogP contribution is 2.29. The zero-order valence-electron chi connectivity index (χ0n) is 11.6. The minimum Gasteiger partial charge on any atom is -0.459 e. The molecular weight excluding hydrogens is 222 g/mol. The molecule has 2 heteroatoms. The number of hydrogen-bond acceptors (Lipinski definition) is 2. The van der Waals surface area contributed by atoms with E-state index in [0.717, 1.165) is 24.2 Å². The molecule has 0 spiro atoms. The average Bonchev–Trinajstić information content (AvgIpc) is 2.67. The molecule has 1 heterocycles. The average molecular weight is 245 g/mol. The second-order valence-electron chi connectivity index (χ2n) is 5.39. The number of aryl methyl sites for hydroxylation is 1. The number of nitrogens with two attached hydrogens (primary N) is 1. The van der Waals surface area contributed by atoms with Gasteiger partial charge in [0.05, 0.1) is 6.54 Å². The Hall–Kier alpha value is -1.28. The van der Waals surface area contributed by atoms with Gasteiger partial charge >= 0.3 is 0 Å². The quantitative estimate of drug-likeness (QED) is 0.863. The maximum atomic E-state index is 5.86. The molecule has 0 bridgehead atoms. The fraction of sp³-hybridized carbons (Fsp3) is 0.500. The van der Waals surface area contributed by atoms with E-state index >= 15 is 0 Å². The SMILES string of the molecule is CCCc1ccc2oc(CN)c(CC(C)C)c2c1. The maximum Gasteiger partial charge on any atom is 0.134 e. The van der Waals surface area contributed by atoms with Crippen LogP contribution in [0.1, 0.15) is 44.1 Å². The van der Waals surface area contributed by atoms with Gasteiger partial charge in [-0.15, -0.1) is 0 Å². The summed E-state index contributed by atoms with van der Waals surface area (Å²) in [6.45, 7) is 7.16. The molecule has 1 aromatic heterocycles. The van der Waals surface area contributed by atoms with Gasteiger partial charge in [0.2, 0.25) is 0 Å². The van der Waals surface area contributed by atoms with Gasteiger partial charge in [-0.2, -0.15) is 0 Å². The number of rotatable bonds is 5. The van der Waals surface area contributed by atoms with Crippen molar-refractivity contribution in [1.29, 1.82) is 0 Å². The summed E-state index contributed by atoms with van der Waals surface area (Å²) < 4.78 is 5.86. The highest BCUT2D eigenvalue weighted by molar-refractivity contribution is 5.83. The van der Waals surface area contributed by atoms with Gasteiger partial charge in [0.15, 0.2) is 0 Å². The van der Waals surface area contributed by atoms with Crippen LogP contribution in [0.4, 0.5) is 0 Å². The Kier molecular flexibility index (Phi) is 4.07. The first kappa shape index (κ1) is 13.2. The molecule has 0 fully saturated rings. The van der Waals surface area contributed by atoms with Crippen LogP contribution in [0.2, 0.25) is 0 Å². The smallest absolute Gasteiger partial charge is 0.134 e. The molecule has 0 saturated heterocycles. The van der Waals surface area contributed by atoms with Crippen molar-refractivity contribution in [3.8, 4) is 0 Å². The molecule has 0 aliphatic heterocycles. The van der Waals surface area contributed by atoms with Crippen LogP contribution >= 0.6 is 0 Å². The number of benzene rings is 1. The highest BCUT2D eigenvalue weighted by atomic mass is 16.3. The Morgan fingerprint density at radius 2 is 2.06 bits per heavy atom. The standard InChI is InChI=1S/C16H23NO/c1-4-5-12-6-7-15-14(9-12)13(8-11(2)3)16(10-17)18-15/h6-7,9,11H,4-5,8,10,17H2,1-3H3. The van der Waals surface area contributed by atoms with Gasteiger partial charge in [0.25, 0.3) is 0 Å². The third-order valence-electron chi connectivity index (χ3n) is 3.28. The molecule has 0 aliphatic carbocycles. The van der Waals surface area contributed by atoms with Gasteiger partial charge in [0.1, 0.15) is 11.3 Å². The van der Waals surface area contributed by atoms with E-state index in [1.807, 2.05) is 0 Å². The van der Waals surface area contributed by atoms with Crippen LogP contribution in [-0.2, 0) is 19.4 Å². The van der Waals surface area contributed by atoms with E-state index in [-0.39, 0.29) is 0 Å². The topological polar surface area (TPSA) is 39.2 Å². The summed E-state index contributed by atoms with van der Waals surface area (Å²) in [7, 11) is 0. The van der Waals surface area contributed by atoms with Gasteiger partial charge in [-0.3, -0.25) is 0 Å². The second kappa shape index (κ2) is 5.57. The fourth-order valence-electron chi connectivity index (χ4n) is 2.49. The van der Waals surface area contributed by atoms with Crippen molar-refractivity contribution < 1.29 is 4.42 Å². The molecule has 0 radical (unpaired) electrons. The molecule has 0 unspecified atom stereocenters. The first-order valence-corrected chi connectivity index (χ1v) is 6.89. The van der Waals surface area contributed by atoms with Crippen LogP contribution in [0.25, 0.3) is 11.0 Å². The Balaban J connectivity index is 2.51. The zero-order chi connectivity index (χ0) is 13.1. The van der Waals surface area contributed by atoms with E-state index in [2.05, 4.69) is 39.0 Å². The van der Waals surface area contributed by atoms with Crippen molar-refractivity contribution in [2.45, 2.75) is 46.6 Å². The van der Waals surface area contributed by atoms with Gasteiger partial charge in [0, 0.05) is 10.9 Å². The van der Waals surface area contributed by atoms with Gasteiger partial charge in [-0.1, -0.05) is 33.3 Å². The fourth-order valence-corrected chi connectivity index (χ4v) is 2.49. The normalized spacial score (nSPS) is 11.6. The molecule has 1 aromatic carbocycles. The number of furan rings is 1. The van der Waals surface area contributed by atoms with E-state index in [0.29, 0.717) is 12.5 Å². The minimum atomic E-state index is 0.486. The van der Waals surface area contributed by atoms with Crippen LogP contribution in [-0.4, -0.2) is 0 Å². The summed E-state index contributed by atoms with van der Waals surface area (Å²) in [5, 5.41) is 1.26. The molecule has 0 atom stereocenters. The van der Waals surface area contributed by atoms with Crippen molar-refractivity contribution in [3.63, 3.8) is 0 Å². The van der Waals surface area contributed by atoms with Crippen LogP contribution in [0.3, 0.4) is 0 Å². The first-order valence-electron chi connectivity index (χ1n) is 6.89. The molecule has 98 valence electrons. The maximum absolute atomic E-state index is 5.86. The van der Waals surface area contributed by atoms with Crippen molar-refractivity contribution >= 4 is 11.0 Å². The number of fused-ring (bicyclic) bond motifs is 1. The van der Waals surface area contributed by atoms with Crippen LogP contribution < -0.4 is 5.73 Å². The van der Waals surface area contributed by atoms with Gasteiger partial charge < -0.3 is 10.2 Å². The number of hydrogen-bond donors (Lipinski definition) is 1. The summed E-state index contributed by atoms with van der Waals surface area (Å²) in [6, 6.07) is 6.53. The van der Waals surface area contributed by atoms with Crippen LogP contribution in [0.5, 0.6) is 0 Å². The lowest BCUT2D eigenvalue weighted by Crippen LogP contribution is -2.01. The first-order chi connectivity index (χ1) is 8.65. The largest absolute Gasteiger partial charge is 0.459 e. The highest BCUT2D eigenvalue weighted by Gasteiger charge is 2.14. The second-order valence-corrected chi connectivity index (χ2v) is 5.39. The summed E-state index contributed by atoms with van der Waals surface area (Å²) >= 11 is 0. The molecule has 0 saturated carbocycles. The molecule has 0 aliphatic rings. The van der Waals surface area contributed by atoms with Gasteiger partial charge in [-0.25, -0.2) is 0 Å². The lowest BCUT2D eigenvalue weighted by Gasteiger charge is -2.05. The van der Waals surface area contributed by atoms with Crippen molar-refractivity contribution in [1.82, 2.24) is 0 Å². The molecule has 2 N–H and O–H groups in total. The van der Waals surface area contributed by atoms with Crippen LogP contribution in [0.15, 0.2) is 22.6 Å². The van der Waals surface area contributed by atoms with E-state index in [9.17, 15) is 0 Å². The lowest BCUT2D eigenvalue weighted by atomic mass is 9.98. The molecule has 2 nitrogen and oxygen atoms in total. The molecule has 2 rings (SSSR count). The van der Waals surface area contributed by atoms with Crippen molar-refractivity contribution in [3.05, 3.63) is 35.1 Å². The third-order valence-corrected chi connectivity index (χ3v) is 3.28. The van der Waals surface area contributed by atoms with E-state index in [1.165, 1.54) is 22.9 Å². The summed E-state index contributed by atoms with van der Waals surface area (Å²) in [5.74, 6) is 1.57. The minimum absolute atomic E-state index is 0.486. The monoisotopic (exact) mass is 245 g/mol. The Labute approximate surface area is 109 Å². The van der Waals surface area contributed by atoms with E-state index < -0.39 is 0 Å². The van der Waals surface area contributed by atoms with E-state index in [4.69, 9.17) is 10.2 Å². The molecule has 18 heavy (non-hydrogen) atoms. The van der Waals surface area contributed by atoms with Crippen LogP contribution in [0, 0.1) is 5.92 Å². The van der Waals surface area contributed by atoms with Gasteiger partial charge in [-0.05, 0) is 36.5 Å². The zero-order valence-corrected chi connectivity index (χ0v) is 11.6. The Morgan fingerprint density at radius 1 is 1.28 bits per heavy atom. The summed E-state index contributed by atoms with van der Waals surface area (Å²) in [5.41, 5.74) is 9.47. The predicted molar refractivity (Wildman–Crippen MR) is 76.6 cm³/mol.